The second kappa shape index (κ2) is 8.88. The quantitative estimate of drug-likeness (QED) is 0.363. The summed E-state index contributed by atoms with van der Waals surface area (Å²) >= 11 is 0.990. The third-order valence-corrected chi connectivity index (χ3v) is 8.32. The van der Waals surface area contributed by atoms with Gasteiger partial charge in [0.25, 0.3) is 10.0 Å². The minimum absolute atomic E-state index is 0.157. The first kappa shape index (κ1) is 21.9. The average molecular weight is 503 g/mol. The Morgan fingerprint density at radius 2 is 1.94 bits per heavy atom. The van der Waals surface area contributed by atoms with E-state index in [4.69, 9.17) is 0 Å². The number of fused-ring (bicyclic) bond motifs is 2. The van der Waals surface area contributed by atoms with Crippen molar-refractivity contribution in [2.45, 2.75) is 24.4 Å². The van der Waals surface area contributed by atoms with E-state index in [0.29, 0.717) is 6.54 Å². The number of benzene rings is 3. The van der Waals surface area contributed by atoms with E-state index in [2.05, 4.69) is 60.9 Å². The first-order chi connectivity index (χ1) is 17.1. The Morgan fingerprint density at radius 3 is 2.83 bits per heavy atom. The fraction of sp³-hybridized carbons (Fsp3) is 0.160. The van der Waals surface area contributed by atoms with Crippen LogP contribution in [0, 0.1) is 0 Å². The van der Waals surface area contributed by atoms with Crippen molar-refractivity contribution in [2.75, 3.05) is 11.3 Å². The maximum absolute atomic E-state index is 12.8. The molecule has 0 saturated carbocycles. The molecule has 3 aromatic carbocycles. The van der Waals surface area contributed by atoms with Crippen LogP contribution in [-0.2, 0) is 29.5 Å². The molecule has 35 heavy (non-hydrogen) atoms. The third kappa shape index (κ3) is 4.20. The van der Waals surface area contributed by atoms with Crippen molar-refractivity contribution in [1.29, 1.82) is 0 Å². The van der Waals surface area contributed by atoms with E-state index in [-0.39, 0.29) is 10.0 Å². The summed E-state index contributed by atoms with van der Waals surface area (Å²) in [6.07, 6.45) is 4.03. The molecule has 0 radical (unpaired) electrons. The summed E-state index contributed by atoms with van der Waals surface area (Å²) in [5, 5.41) is 9.02. The smallest absolute Gasteiger partial charge is 0.263 e. The molecule has 176 valence electrons. The highest BCUT2D eigenvalue weighted by molar-refractivity contribution is 7.93. The zero-order valence-corrected chi connectivity index (χ0v) is 20.3. The lowest BCUT2D eigenvalue weighted by Crippen LogP contribution is -2.24. The van der Waals surface area contributed by atoms with Crippen molar-refractivity contribution in [1.82, 2.24) is 24.5 Å². The maximum atomic E-state index is 12.8. The normalized spacial score (nSPS) is 13.6. The zero-order valence-electron chi connectivity index (χ0n) is 18.7. The summed E-state index contributed by atoms with van der Waals surface area (Å²) in [5.41, 5.74) is 7.27. The van der Waals surface area contributed by atoms with Crippen molar-refractivity contribution < 1.29 is 8.42 Å². The maximum Gasteiger partial charge on any atom is 0.263 e. The van der Waals surface area contributed by atoms with Gasteiger partial charge in [0.05, 0.1) is 23.2 Å². The van der Waals surface area contributed by atoms with Crippen molar-refractivity contribution in [3.8, 4) is 11.1 Å². The molecule has 0 fully saturated rings. The number of hydrogen-bond donors (Lipinski definition) is 2. The van der Waals surface area contributed by atoms with Crippen LogP contribution in [0.1, 0.15) is 16.7 Å². The number of hydrogen-bond acceptors (Lipinski definition) is 7. The van der Waals surface area contributed by atoms with Crippen LogP contribution in [0.25, 0.3) is 22.0 Å². The van der Waals surface area contributed by atoms with E-state index in [1.54, 1.807) is 24.4 Å². The Hall–Kier alpha value is -3.60. The van der Waals surface area contributed by atoms with Crippen LogP contribution >= 0.6 is 11.5 Å². The van der Waals surface area contributed by atoms with Crippen LogP contribution in [0.15, 0.2) is 78.1 Å². The van der Waals surface area contributed by atoms with E-state index >= 15 is 0 Å². The summed E-state index contributed by atoms with van der Waals surface area (Å²) in [7, 11) is -3.76. The second-order valence-electron chi connectivity index (χ2n) is 8.40. The van der Waals surface area contributed by atoms with Gasteiger partial charge in [-0.1, -0.05) is 42.5 Å². The molecule has 0 aliphatic carbocycles. The van der Waals surface area contributed by atoms with Crippen LogP contribution in [0.3, 0.4) is 0 Å². The van der Waals surface area contributed by atoms with Gasteiger partial charge in [0.2, 0.25) is 5.13 Å². The first-order valence-electron chi connectivity index (χ1n) is 11.2. The van der Waals surface area contributed by atoms with Crippen LogP contribution in [0.5, 0.6) is 0 Å². The molecule has 0 spiro atoms. The van der Waals surface area contributed by atoms with Gasteiger partial charge in [-0.05, 0) is 59.0 Å². The van der Waals surface area contributed by atoms with Gasteiger partial charge in [-0.3, -0.25) is 9.40 Å². The Kier molecular flexibility index (Phi) is 5.56. The predicted molar refractivity (Wildman–Crippen MR) is 137 cm³/mol. The third-order valence-electron chi connectivity index (χ3n) is 6.27. The molecular formula is C25H22N6O2S2. The molecule has 0 saturated heterocycles. The van der Waals surface area contributed by atoms with E-state index in [0.717, 1.165) is 41.9 Å². The van der Waals surface area contributed by atoms with Gasteiger partial charge in [-0.25, -0.2) is 13.4 Å². The summed E-state index contributed by atoms with van der Waals surface area (Å²) in [5.74, 6) is 0. The Morgan fingerprint density at radius 1 is 1.06 bits per heavy atom. The fourth-order valence-electron chi connectivity index (χ4n) is 4.62. The van der Waals surface area contributed by atoms with Gasteiger partial charge < -0.3 is 5.32 Å². The largest absolute Gasteiger partial charge is 0.312 e. The van der Waals surface area contributed by atoms with Crippen LogP contribution in [0.4, 0.5) is 5.13 Å². The van der Waals surface area contributed by atoms with Gasteiger partial charge in [0.1, 0.15) is 6.33 Å². The highest BCUT2D eigenvalue weighted by Gasteiger charge is 2.19. The lowest BCUT2D eigenvalue weighted by atomic mass is 9.89. The topological polar surface area (TPSA) is 102 Å². The molecule has 3 heterocycles. The summed E-state index contributed by atoms with van der Waals surface area (Å²) in [6.45, 7) is 2.46. The van der Waals surface area contributed by atoms with Gasteiger partial charge in [-0.2, -0.15) is 9.47 Å². The molecule has 2 N–H and O–H groups in total. The average Bonchev–Trinajstić information content (AvgIpc) is 3.53. The Balaban J connectivity index is 1.34. The molecule has 1 aliphatic heterocycles. The van der Waals surface area contributed by atoms with E-state index in [1.165, 1.54) is 34.1 Å². The van der Waals surface area contributed by atoms with Gasteiger partial charge in [-0.15, -0.1) is 0 Å². The number of anilines is 1. The van der Waals surface area contributed by atoms with E-state index < -0.39 is 10.0 Å². The Bertz CT molecular complexity index is 1630. The number of nitrogens with one attached hydrogen (secondary N) is 2. The number of nitrogens with zero attached hydrogens (tertiary/aromatic N) is 4. The molecule has 6 rings (SSSR count). The minimum atomic E-state index is -3.76. The highest BCUT2D eigenvalue weighted by atomic mass is 32.2. The monoisotopic (exact) mass is 502 g/mol. The molecule has 0 bridgehead atoms. The highest BCUT2D eigenvalue weighted by Crippen LogP contribution is 2.32. The molecule has 2 aromatic heterocycles. The fourth-order valence-corrected chi connectivity index (χ4v) is 6.31. The summed E-state index contributed by atoms with van der Waals surface area (Å²) in [4.78, 5) is 4.05. The molecule has 8 nitrogen and oxygen atoms in total. The van der Waals surface area contributed by atoms with Crippen molar-refractivity contribution >= 4 is 37.6 Å². The van der Waals surface area contributed by atoms with Crippen LogP contribution in [-0.4, -0.2) is 34.1 Å². The molecular weight excluding hydrogens is 480 g/mol. The predicted octanol–water partition coefficient (Wildman–Crippen LogP) is 4.05. The molecule has 10 heteroatoms. The first-order valence-corrected chi connectivity index (χ1v) is 13.5. The molecule has 0 amide bonds. The van der Waals surface area contributed by atoms with Gasteiger partial charge in [0, 0.05) is 23.5 Å². The van der Waals surface area contributed by atoms with Crippen molar-refractivity contribution in [3.05, 3.63) is 89.9 Å². The van der Waals surface area contributed by atoms with Crippen LogP contribution in [0.2, 0.25) is 0 Å². The summed E-state index contributed by atoms with van der Waals surface area (Å²) < 4.78 is 33.7. The Labute approximate surface area is 206 Å². The molecule has 5 aromatic rings. The van der Waals surface area contributed by atoms with Crippen LogP contribution < -0.4 is 10.0 Å². The lowest BCUT2D eigenvalue weighted by Gasteiger charge is -2.22. The zero-order chi connectivity index (χ0) is 23.8. The van der Waals surface area contributed by atoms with Crippen molar-refractivity contribution in [2.24, 2.45) is 0 Å². The van der Waals surface area contributed by atoms with E-state index in [1.807, 2.05) is 10.7 Å². The van der Waals surface area contributed by atoms with Gasteiger partial charge >= 0.3 is 0 Å². The number of aromatic nitrogens is 4. The van der Waals surface area contributed by atoms with Gasteiger partial charge in [0.15, 0.2) is 0 Å². The van der Waals surface area contributed by atoms with Crippen molar-refractivity contribution in [3.63, 3.8) is 0 Å². The second-order valence-corrected chi connectivity index (χ2v) is 10.9. The standard InChI is InChI=1S/C25H22N6O2S2/c32-35(33,30-25-27-16-29-34-25)20-8-9-24-19(12-20)14-28-31(24)15-18-4-1-2-6-21(18)23-7-3-5-17-13-26-11-10-22(17)23/h1-9,12,14,16,26H,10-11,13,15H2,(H,27,29,30). The molecule has 0 atom stereocenters. The number of sulfonamides is 1. The minimum Gasteiger partial charge on any atom is -0.312 e. The SMILES string of the molecule is O=S(=O)(Nc1ncns1)c1ccc2c(cnn2Cc2ccccc2-c2cccc3c2CCNC3)c1. The van der Waals surface area contributed by atoms with E-state index in [9.17, 15) is 8.42 Å². The molecule has 0 unspecified atom stereocenters. The lowest BCUT2D eigenvalue weighted by molar-refractivity contribution is 0.601. The molecule has 1 aliphatic rings. The number of rotatable bonds is 6. The summed E-state index contributed by atoms with van der Waals surface area (Å²) in [6, 6.07) is 20.0.